The van der Waals surface area contributed by atoms with Gasteiger partial charge in [0.1, 0.15) is 0 Å². The number of hydrogen-bond donors (Lipinski definition) is 8. The van der Waals surface area contributed by atoms with E-state index in [0.717, 1.165) is 88.1 Å². The molecule has 0 saturated carbocycles. The summed E-state index contributed by atoms with van der Waals surface area (Å²) < 4.78 is 3.63. The van der Waals surface area contributed by atoms with Crippen LogP contribution in [0.5, 0.6) is 0 Å². The van der Waals surface area contributed by atoms with E-state index >= 15 is 0 Å². The van der Waals surface area contributed by atoms with Crippen molar-refractivity contribution in [1.82, 2.24) is 0 Å². The minimum atomic E-state index is -0.979. The predicted molar refractivity (Wildman–Crippen MR) is 321 cm³/mol. The second kappa shape index (κ2) is 24.4. The van der Waals surface area contributed by atoms with Crippen LogP contribution < -0.4 is 0 Å². The third-order valence-corrected chi connectivity index (χ3v) is 19.6. The lowest BCUT2D eigenvalue weighted by atomic mass is 9.69. The summed E-state index contributed by atoms with van der Waals surface area (Å²) in [5, 5.41) is 78.1. The molecule has 0 aromatic heterocycles. The molecule has 8 N–H and O–H groups in total. The molecule has 80 heavy (non-hydrogen) atoms. The molecule has 0 fully saturated rings. The molecule has 0 radical (unpaired) electrons. The zero-order chi connectivity index (χ0) is 57.3. The van der Waals surface area contributed by atoms with Crippen LogP contribution in [-0.2, 0) is 40.8 Å². The molecule has 0 heterocycles. The van der Waals surface area contributed by atoms with Crippen molar-refractivity contribution < 1.29 is 60.0 Å². The summed E-state index contributed by atoms with van der Waals surface area (Å²) in [7, 11) is 0. The van der Waals surface area contributed by atoms with Crippen molar-refractivity contribution in [3.63, 3.8) is 0 Å². The predicted octanol–water partition coefficient (Wildman–Crippen LogP) is 14.0. The Morgan fingerprint density at radius 1 is 0.287 bits per heavy atom. The van der Waals surface area contributed by atoms with Crippen LogP contribution in [0.3, 0.4) is 0 Å². The molecule has 420 valence electrons. The first kappa shape index (κ1) is 59.6. The molecule has 0 spiro atoms. The Labute approximate surface area is 498 Å². The topological polar surface area (TPSA) is 230 Å². The number of aliphatic hydroxyl groups is 4. The van der Waals surface area contributed by atoms with E-state index in [0.29, 0.717) is 25.7 Å². The van der Waals surface area contributed by atoms with Gasteiger partial charge >= 0.3 is 23.9 Å². The summed E-state index contributed by atoms with van der Waals surface area (Å²) in [5.74, 6) is -3.92. The number of fused-ring (bicyclic) bond motifs is 12. The summed E-state index contributed by atoms with van der Waals surface area (Å²) in [6.45, 7) is 0.527. The van der Waals surface area contributed by atoms with Gasteiger partial charge in [-0.3, -0.25) is 19.2 Å². The van der Waals surface area contributed by atoms with E-state index in [1.54, 1.807) is 0 Å². The maximum Gasteiger partial charge on any atom is 0.303 e. The summed E-state index contributed by atoms with van der Waals surface area (Å²) in [5.41, 5.74) is 14.4. The average Bonchev–Trinajstić information content (AvgIpc) is 4.13. The Morgan fingerprint density at radius 3 is 0.662 bits per heavy atom. The Morgan fingerprint density at radius 2 is 0.475 bits per heavy atom. The van der Waals surface area contributed by atoms with Crippen LogP contribution in [0.2, 0.25) is 0 Å². The van der Waals surface area contributed by atoms with Gasteiger partial charge in [0, 0.05) is 91.7 Å². The number of hydrogen-bond acceptors (Lipinski definition) is 8. The molecular formula is C64H64Br4O12. The third kappa shape index (κ3) is 10.8. The second-order valence-electron chi connectivity index (χ2n) is 21.9. The molecular weight excluding hydrogens is 1280 g/mol. The van der Waals surface area contributed by atoms with Crippen molar-refractivity contribution >= 4 is 87.6 Å². The van der Waals surface area contributed by atoms with Crippen LogP contribution in [0.15, 0.2) is 115 Å². The van der Waals surface area contributed by atoms with Gasteiger partial charge in [0.25, 0.3) is 0 Å². The third-order valence-electron chi connectivity index (χ3n) is 17.6. The van der Waals surface area contributed by atoms with Crippen LogP contribution in [0.4, 0.5) is 0 Å². The highest BCUT2D eigenvalue weighted by Gasteiger charge is 2.51. The largest absolute Gasteiger partial charge is 0.481 e. The van der Waals surface area contributed by atoms with Gasteiger partial charge in [0.05, 0.1) is 0 Å². The van der Waals surface area contributed by atoms with Crippen molar-refractivity contribution in [2.45, 2.75) is 124 Å². The summed E-state index contributed by atoms with van der Waals surface area (Å²) in [6, 6.07) is 33.3. The molecule has 12 nitrogen and oxygen atoms in total. The van der Waals surface area contributed by atoms with Crippen LogP contribution in [0, 0.1) is 0 Å². The van der Waals surface area contributed by atoms with Gasteiger partial charge in [0.15, 0.2) is 0 Å². The first-order chi connectivity index (χ1) is 38.3. The van der Waals surface area contributed by atoms with Crippen molar-refractivity contribution in [3.05, 3.63) is 159 Å². The number of carboxylic acids is 4. The van der Waals surface area contributed by atoms with E-state index in [1.165, 1.54) is 44.5 Å². The number of carbonyl (C=O) groups is 4. The molecule has 6 aromatic carbocycles. The molecule has 16 heteroatoms. The molecule has 0 saturated heterocycles. The van der Waals surface area contributed by atoms with E-state index in [1.807, 2.05) is 48.5 Å². The number of aliphatic carboxylic acids is 4. The highest BCUT2D eigenvalue weighted by molar-refractivity contribution is 9.11. The van der Waals surface area contributed by atoms with E-state index in [-0.39, 0.29) is 88.6 Å². The SMILES string of the molecule is O=C(O)CCC1(CCC(=O)O)c2cc(Br)ccc2-c2cc3c(cc21)-c1ccc(Br)cc1C3(CCC(=O)O)CCC(=O)O.OCCCC1(CCCO)c2cc(Br)ccc2-c2cc3c(cc21)-c1ccc(Br)cc1C3(CCCO)CCCO. The summed E-state index contributed by atoms with van der Waals surface area (Å²) in [4.78, 5) is 47.3. The monoisotopic (exact) mass is 1340 g/mol. The average molecular weight is 1340 g/mol. The second-order valence-corrected chi connectivity index (χ2v) is 25.5. The number of rotatable bonds is 24. The van der Waals surface area contributed by atoms with Gasteiger partial charge in [-0.1, -0.05) is 88.0 Å². The summed E-state index contributed by atoms with van der Waals surface area (Å²) in [6.07, 6.45) is 6.14. The fourth-order valence-electron chi connectivity index (χ4n) is 14.3. The first-order valence-corrected chi connectivity index (χ1v) is 30.4. The molecule has 0 atom stereocenters. The van der Waals surface area contributed by atoms with Crippen LogP contribution >= 0.6 is 63.7 Å². The van der Waals surface area contributed by atoms with Crippen LogP contribution in [-0.4, -0.2) is 91.2 Å². The van der Waals surface area contributed by atoms with E-state index in [9.17, 15) is 60.0 Å². The standard InChI is InChI=1S/C32H28Br2O8.C32H36Br2O4/c33-17-1-3-19-21-15-26-22(16-25(21)31(23(19)13-17,9-5-27(35)36)10-6-28(37)38)20-4-2-18(34)14-24(20)32(26,11-7-29(39)40)12-8-30(41)42;33-21-5-7-23-25-20-30-26(19-29(25)31(9-1-13-35,10-2-14-36)27(23)17-21)24-8-6-22(34)18-28(24)32(30,11-3-15-37)12-4-16-38/h1-4,13-16H,5-12H2,(H,35,36)(H,37,38)(H,39,40)(H,41,42);5-8,17-20,35-38H,1-4,9-16H2. The van der Waals surface area contributed by atoms with Crippen molar-refractivity contribution in [3.8, 4) is 44.5 Å². The zero-order valence-electron chi connectivity index (χ0n) is 44.1. The van der Waals surface area contributed by atoms with E-state index < -0.39 is 34.7 Å². The van der Waals surface area contributed by atoms with Gasteiger partial charge in [-0.2, -0.15) is 0 Å². The Kier molecular flexibility index (Phi) is 18.2. The number of benzene rings is 6. The van der Waals surface area contributed by atoms with Crippen molar-refractivity contribution in [2.24, 2.45) is 0 Å². The number of aliphatic hydroxyl groups excluding tert-OH is 4. The highest BCUT2D eigenvalue weighted by atomic mass is 79.9. The van der Waals surface area contributed by atoms with Gasteiger partial charge in [-0.05, 0) is 239 Å². The highest BCUT2D eigenvalue weighted by Crippen LogP contribution is 2.63. The molecule has 10 rings (SSSR count). The van der Waals surface area contributed by atoms with Crippen molar-refractivity contribution in [1.29, 1.82) is 0 Å². The lowest BCUT2D eigenvalue weighted by Gasteiger charge is -2.34. The molecule has 0 amide bonds. The van der Waals surface area contributed by atoms with Crippen molar-refractivity contribution in [2.75, 3.05) is 26.4 Å². The maximum atomic E-state index is 11.8. The van der Waals surface area contributed by atoms with Gasteiger partial charge < -0.3 is 40.9 Å². The van der Waals surface area contributed by atoms with Gasteiger partial charge in [0.2, 0.25) is 0 Å². The molecule has 0 aliphatic heterocycles. The normalized spacial score (nSPS) is 15.3. The fourth-order valence-corrected chi connectivity index (χ4v) is 15.7. The van der Waals surface area contributed by atoms with Crippen LogP contribution in [0.1, 0.15) is 147 Å². The minimum Gasteiger partial charge on any atom is -0.481 e. The molecule has 6 aromatic rings. The quantitative estimate of drug-likeness (QED) is 0.0283. The molecule has 4 aliphatic rings. The smallest absolute Gasteiger partial charge is 0.303 e. The van der Waals surface area contributed by atoms with E-state index in [4.69, 9.17) is 0 Å². The van der Waals surface area contributed by atoms with Gasteiger partial charge in [-0.15, -0.1) is 0 Å². The van der Waals surface area contributed by atoms with Gasteiger partial charge in [-0.25, -0.2) is 0 Å². The molecule has 0 bridgehead atoms. The number of carboxylic acid groups (broad SMARTS) is 4. The fraction of sp³-hybridized carbons (Fsp3) is 0.375. The molecule has 4 aliphatic carbocycles. The minimum absolute atomic E-state index is 0.132. The maximum absolute atomic E-state index is 11.8. The Bertz CT molecular complexity index is 3130. The lowest BCUT2D eigenvalue weighted by molar-refractivity contribution is -0.139. The Hall–Kier alpha value is -5.04. The zero-order valence-corrected chi connectivity index (χ0v) is 50.4. The molecule has 0 unspecified atom stereocenters. The number of halogens is 4. The first-order valence-electron chi connectivity index (χ1n) is 27.2. The van der Waals surface area contributed by atoms with E-state index in [2.05, 4.69) is 112 Å². The lowest BCUT2D eigenvalue weighted by Crippen LogP contribution is -2.29. The van der Waals surface area contributed by atoms with Crippen LogP contribution in [0.25, 0.3) is 44.5 Å². The Balaban J connectivity index is 0.000000195. The summed E-state index contributed by atoms with van der Waals surface area (Å²) >= 11 is 14.5.